The predicted octanol–water partition coefficient (Wildman–Crippen LogP) is 4.87. The minimum Gasteiger partial charge on any atom is -0.385 e. The van der Waals surface area contributed by atoms with Crippen LogP contribution >= 0.6 is 34.5 Å². The minimum atomic E-state index is 0.0990. The van der Waals surface area contributed by atoms with Crippen molar-refractivity contribution in [1.82, 2.24) is 9.80 Å². The average Bonchev–Trinajstić information content (AvgIpc) is 3.35. The van der Waals surface area contributed by atoms with E-state index in [0.29, 0.717) is 21.7 Å². The summed E-state index contributed by atoms with van der Waals surface area (Å²) < 4.78 is 0. The Morgan fingerprint density at radius 1 is 1.14 bits per heavy atom. The van der Waals surface area contributed by atoms with E-state index >= 15 is 0 Å². The van der Waals surface area contributed by atoms with Crippen LogP contribution in [0.15, 0.2) is 29.6 Å². The van der Waals surface area contributed by atoms with E-state index in [1.54, 1.807) is 6.07 Å². The third-order valence-corrected chi connectivity index (χ3v) is 7.55. The molecule has 28 heavy (non-hydrogen) atoms. The Morgan fingerprint density at radius 2 is 1.89 bits per heavy atom. The number of benzene rings is 1. The first kappa shape index (κ1) is 20.0. The predicted molar refractivity (Wildman–Crippen MR) is 118 cm³/mol. The van der Waals surface area contributed by atoms with Gasteiger partial charge < -0.3 is 15.1 Å². The number of thiophene rings is 1. The molecule has 3 heterocycles. The second-order valence-electron chi connectivity index (χ2n) is 7.83. The molecule has 0 aliphatic carbocycles. The normalized spacial score (nSPS) is 21.9. The number of hydrogen-bond acceptors (Lipinski definition) is 4. The zero-order chi connectivity index (χ0) is 19.7. The van der Waals surface area contributed by atoms with Crippen molar-refractivity contribution in [1.29, 1.82) is 0 Å². The average molecular weight is 438 g/mol. The van der Waals surface area contributed by atoms with Crippen molar-refractivity contribution in [2.45, 2.75) is 13.3 Å². The van der Waals surface area contributed by atoms with Gasteiger partial charge in [0.15, 0.2) is 0 Å². The van der Waals surface area contributed by atoms with Gasteiger partial charge in [-0.3, -0.25) is 4.79 Å². The number of anilines is 1. The lowest BCUT2D eigenvalue weighted by Crippen LogP contribution is -2.33. The molecule has 150 valence electrons. The number of nitrogens with one attached hydrogen (secondary N) is 1. The largest absolute Gasteiger partial charge is 0.385 e. The lowest BCUT2D eigenvalue weighted by molar-refractivity contribution is 0.0779. The van der Waals surface area contributed by atoms with Gasteiger partial charge in [-0.05, 0) is 60.9 Å². The second-order valence-corrected chi connectivity index (χ2v) is 9.56. The molecule has 1 amide bonds. The fourth-order valence-electron chi connectivity index (χ4n) is 4.27. The van der Waals surface area contributed by atoms with E-state index in [-0.39, 0.29) is 5.91 Å². The summed E-state index contributed by atoms with van der Waals surface area (Å²) in [5.74, 6) is 1.28. The van der Waals surface area contributed by atoms with Crippen molar-refractivity contribution in [2.24, 2.45) is 11.8 Å². The molecule has 4 rings (SSSR count). The SMILES string of the molecule is Cc1ccc(NCCCN2CC3CN(C(=O)c4sccc4Cl)CC3C2)cc1Cl. The molecule has 0 saturated carbocycles. The van der Waals surface area contributed by atoms with Crippen LogP contribution in [0.3, 0.4) is 0 Å². The summed E-state index contributed by atoms with van der Waals surface area (Å²) in [6.45, 7) is 7.92. The van der Waals surface area contributed by atoms with E-state index in [0.717, 1.165) is 62.0 Å². The molecule has 2 fully saturated rings. The van der Waals surface area contributed by atoms with Crippen LogP contribution in [0.1, 0.15) is 21.7 Å². The third kappa shape index (κ3) is 4.33. The van der Waals surface area contributed by atoms with Gasteiger partial charge in [0.25, 0.3) is 5.91 Å². The molecular weight excluding hydrogens is 413 g/mol. The van der Waals surface area contributed by atoms with E-state index in [1.807, 2.05) is 29.3 Å². The van der Waals surface area contributed by atoms with Crippen LogP contribution in [0.2, 0.25) is 10.0 Å². The van der Waals surface area contributed by atoms with Crippen molar-refractivity contribution in [2.75, 3.05) is 44.6 Å². The Bertz CT molecular complexity index is 842. The van der Waals surface area contributed by atoms with Gasteiger partial charge in [-0.15, -0.1) is 11.3 Å². The molecule has 1 aromatic heterocycles. The molecule has 4 nitrogen and oxygen atoms in total. The molecule has 2 aliphatic rings. The number of aryl methyl sites for hydroxylation is 1. The Morgan fingerprint density at radius 3 is 2.54 bits per heavy atom. The summed E-state index contributed by atoms with van der Waals surface area (Å²) in [5, 5.41) is 6.72. The highest BCUT2D eigenvalue weighted by atomic mass is 35.5. The van der Waals surface area contributed by atoms with Gasteiger partial charge in [-0.1, -0.05) is 29.3 Å². The molecule has 1 N–H and O–H groups in total. The number of carbonyl (C=O) groups excluding carboxylic acids is 1. The summed E-state index contributed by atoms with van der Waals surface area (Å²) in [6.07, 6.45) is 1.10. The van der Waals surface area contributed by atoms with Crippen LogP contribution in [0.4, 0.5) is 5.69 Å². The van der Waals surface area contributed by atoms with E-state index < -0.39 is 0 Å². The molecule has 2 aromatic rings. The molecule has 7 heteroatoms. The van der Waals surface area contributed by atoms with Crippen LogP contribution in [0, 0.1) is 18.8 Å². The van der Waals surface area contributed by atoms with Gasteiger partial charge in [0, 0.05) is 43.4 Å². The van der Waals surface area contributed by atoms with Crippen molar-refractivity contribution < 1.29 is 4.79 Å². The molecular formula is C21H25Cl2N3OS. The highest BCUT2D eigenvalue weighted by molar-refractivity contribution is 7.12. The van der Waals surface area contributed by atoms with E-state index in [4.69, 9.17) is 23.2 Å². The van der Waals surface area contributed by atoms with Crippen molar-refractivity contribution in [3.63, 3.8) is 0 Å². The van der Waals surface area contributed by atoms with Crippen molar-refractivity contribution in [3.8, 4) is 0 Å². The standard InChI is InChI=1S/C21H25Cl2N3OS/c1-14-3-4-17(9-19(14)23)24-6-2-7-25-10-15-12-26(13-16(15)11-25)21(27)20-18(22)5-8-28-20/h3-5,8-9,15-16,24H,2,6-7,10-13H2,1H3. The Labute approximate surface area is 180 Å². The highest BCUT2D eigenvalue weighted by Gasteiger charge is 2.41. The maximum absolute atomic E-state index is 12.7. The zero-order valence-electron chi connectivity index (χ0n) is 16.0. The summed E-state index contributed by atoms with van der Waals surface area (Å²) in [6, 6.07) is 7.91. The third-order valence-electron chi connectivity index (χ3n) is 5.81. The first-order chi connectivity index (χ1) is 13.5. The van der Waals surface area contributed by atoms with Crippen LogP contribution in [0.5, 0.6) is 0 Å². The number of rotatable bonds is 6. The molecule has 1 aromatic carbocycles. The fourth-order valence-corrected chi connectivity index (χ4v) is 5.55. The first-order valence-corrected chi connectivity index (χ1v) is 11.4. The minimum absolute atomic E-state index is 0.0990. The van der Waals surface area contributed by atoms with Gasteiger partial charge in [-0.2, -0.15) is 0 Å². The van der Waals surface area contributed by atoms with Crippen LogP contribution in [0.25, 0.3) is 0 Å². The number of likely N-dealkylation sites (tertiary alicyclic amines) is 2. The van der Waals surface area contributed by atoms with Crippen molar-refractivity contribution >= 4 is 46.1 Å². The number of hydrogen-bond donors (Lipinski definition) is 1. The lowest BCUT2D eigenvalue weighted by Gasteiger charge is -2.21. The van der Waals surface area contributed by atoms with Gasteiger partial charge in [0.05, 0.1) is 5.02 Å². The van der Waals surface area contributed by atoms with Gasteiger partial charge >= 0.3 is 0 Å². The molecule has 2 atom stereocenters. The quantitative estimate of drug-likeness (QED) is 0.654. The molecule has 0 spiro atoms. The topological polar surface area (TPSA) is 35.6 Å². The summed E-state index contributed by atoms with van der Waals surface area (Å²) in [5.41, 5.74) is 2.18. The maximum Gasteiger partial charge on any atom is 0.265 e. The summed E-state index contributed by atoms with van der Waals surface area (Å²) >= 11 is 13.7. The molecule has 2 unspecified atom stereocenters. The number of nitrogens with zero attached hydrogens (tertiary/aromatic N) is 2. The van der Waals surface area contributed by atoms with Crippen LogP contribution in [-0.4, -0.2) is 55.0 Å². The number of halogens is 2. The van der Waals surface area contributed by atoms with Crippen molar-refractivity contribution in [3.05, 3.63) is 50.1 Å². The fraction of sp³-hybridized carbons (Fsp3) is 0.476. The Kier molecular flexibility index (Phi) is 6.16. The van der Waals surface area contributed by atoms with E-state index in [2.05, 4.69) is 16.3 Å². The smallest absolute Gasteiger partial charge is 0.265 e. The molecule has 2 aliphatic heterocycles. The summed E-state index contributed by atoms with van der Waals surface area (Å²) in [7, 11) is 0. The molecule has 0 bridgehead atoms. The Balaban J connectivity index is 1.19. The number of amides is 1. The maximum atomic E-state index is 12.7. The number of carbonyl (C=O) groups is 1. The van der Waals surface area contributed by atoms with E-state index in [1.165, 1.54) is 11.3 Å². The highest BCUT2D eigenvalue weighted by Crippen LogP contribution is 2.33. The molecule has 2 saturated heterocycles. The van der Waals surface area contributed by atoms with E-state index in [9.17, 15) is 4.79 Å². The Hall–Kier alpha value is -1.27. The molecule has 0 radical (unpaired) electrons. The van der Waals surface area contributed by atoms with Gasteiger partial charge in [-0.25, -0.2) is 0 Å². The van der Waals surface area contributed by atoms with Crippen LogP contribution in [-0.2, 0) is 0 Å². The van der Waals surface area contributed by atoms with Crippen LogP contribution < -0.4 is 5.32 Å². The second kappa shape index (κ2) is 8.62. The van der Waals surface area contributed by atoms with Gasteiger partial charge in [0.1, 0.15) is 4.88 Å². The summed E-state index contributed by atoms with van der Waals surface area (Å²) in [4.78, 5) is 17.9. The zero-order valence-corrected chi connectivity index (χ0v) is 18.3. The lowest BCUT2D eigenvalue weighted by atomic mass is 10.0. The monoisotopic (exact) mass is 437 g/mol. The van der Waals surface area contributed by atoms with Gasteiger partial charge in [0.2, 0.25) is 0 Å². The number of fused-ring (bicyclic) bond motifs is 1. The first-order valence-electron chi connectivity index (χ1n) is 9.76.